The highest BCUT2D eigenvalue weighted by Crippen LogP contribution is 2.16. The van der Waals surface area contributed by atoms with Crippen LogP contribution in [0.1, 0.15) is 12.5 Å². The lowest BCUT2D eigenvalue weighted by Crippen LogP contribution is -2.04. The van der Waals surface area contributed by atoms with E-state index in [9.17, 15) is 0 Å². The van der Waals surface area contributed by atoms with Gasteiger partial charge in [0.2, 0.25) is 0 Å². The lowest BCUT2D eigenvalue weighted by Gasteiger charge is -2.12. The number of aromatic nitrogens is 4. The summed E-state index contributed by atoms with van der Waals surface area (Å²) in [6, 6.07) is 8.48. The number of benzene rings is 1. The number of thioether (sulfide) groups is 1. The van der Waals surface area contributed by atoms with Crippen LogP contribution in [0.15, 0.2) is 48.1 Å². The number of rotatable bonds is 2. The number of anilines is 1. The van der Waals surface area contributed by atoms with Gasteiger partial charge >= 0.3 is 0 Å². The van der Waals surface area contributed by atoms with Gasteiger partial charge in [-0.2, -0.15) is 0 Å². The Morgan fingerprint density at radius 2 is 2.00 bits per heavy atom. The van der Waals surface area contributed by atoms with Gasteiger partial charge in [-0.3, -0.25) is 0 Å². The topological polar surface area (TPSA) is 63.6 Å². The third-order valence-corrected chi connectivity index (χ3v) is 3.70. The summed E-state index contributed by atoms with van der Waals surface area (Å²) in [7, 11) is 0. The lowest BCUT2D eigenvalue weighted by atomic mass is 10.1. The van der Waals surface area contributed by atoms with Crippen LogP contribution in [-0.4, -0.2) is 25.7 Å². The van der Waals surface area contributed by atoms with E-state index in [-0.39, 0.29) is 0 Å². The molecule has 0 atom stereocenters. The number of nitrogens with zero attached hydrogens (tertiary/aromatic N) is 4. The van der Waals surface area contributed by atoms with Crippen LogP contribution in [-0.2, 0) is 6.54 Å². The zero-order valence-corrected chi connectivity index (χ0v) is 12.5. The van der Waals surface area contributed by atoms with Crippen molar-refractivity contribution in [2.45, 2.75) is 18.6 Å². The van der Waals surface area contributed by atoms with E-state index in [4.69, 9.17) is 0 Å². The largest absolute Gasteiger partial charge is 0.381 e. The van der Waals surface area contributed by atoms with Crippen molar-refractivity contribution in [2.75, 3.05) is 11.1 Å². The molecule has 106 valence electrons. The van der Waals surface area contributed by atoms with Crippen molar-refractivity contribution in [3.05, 3.63) is 48.5 Å². The molecule has 1 aromatic carbocycles. The molecule has 5 rings (SSSR count). The molecule has 0 radical (unpaired) electrons. The van der Waals surface area contributed by atoms with Gasteiger partial charge in [-0.05, 0) is 23.4 Å². The molecule has 0 amide bonds. The van der Waals surface area contributed by atoms with Crippen LogP contribution < -0.4 is 5.32 Å². The van der Waals surface area contributed by atoms with E-state index in [1.165, 1.54) is 17.6 Å². The van der Waals surface area contributed by atoms with Crippen LogP contribution in [0.2, 0.25) is 0 Å². The number of nitrogens with one attached hydrogen (secondary N) is 1. The average Bonchev–Trinajstić information content (AvgIpc) is 2.57. The molecule has 21 heavy (non-hydrogen) atoms. The van der Waals surface area contributed by atoms with Crippen LogP contribution in [0.3, 0.4) is 0 Å². The Morgan fingerprint density at radius 1 is 1.14 bits per heavy atom. The van der Waals surface area contributed by atoms with Gasteiger partial charge < -0.3 is 5.32 Å². The molecule has 5 nitrogen and oxygen atoms in total. The average molecular weight is 297 g/mol. The zero-order chi connectivity index (χ0) is 14.5. The van der Waals surface area contributed by atoms with Gasteiger partial charge in [-0.15, -0.1) is 0 Å². The first-order chi connectivity index (χ1) is 10.3. The predicted octanol–water partition coefficient (Wildman–Crippen LogP) is 3.14. The highest BCUT2D eigenvalue weighted by molar-refractivity contribution is 7.99. The fourth-order valence-electron chi connectivity index (χ4n) is 1.91. The predicted molar refractivity (Wildman–Crippen MR) is 85.3 cm³/mol. The maximum absolute atomic E-state index is 4.27. The molecule has 2 aliphatic rings. The number of hydrogen-bond donors (Lipinski definition) is 1. The first-order valence-corrected chi connectivity index (χ1v) is 7.72. The van der Waals surface area contributed by atoms with E-state index >= 15 is 0 Å². The van der Waals surface area contributed by atoms with Crippen LogP contribution >= 0.6 is 11.8 Å². The molecule has 6 heteroatoms. The van der Waals surface area contributed by atoms with Crippen LogP contribution in [0.5, 0.6) is 0 Å². The molecule has 1 N–H and O–H groups in total. The minimum atomic E-state index is 0.709. The van der Waals surface area contributed by atoms with Gasteiger partial charge in [0.25, 0.3) is 0 Å². The molecular weight excluding hydrogens is 282 g/mol. The Balaban J connectivity index is 0.000000140. The van der Waals surface area contributed by atoms with Crippen molar-refractivity contribution >= 4 is 28.5 Å². The molecule has 0 spiro atoms. The molecule has 4 heterocycles. The van der Waals surface area contributed by atoms with E-state index in [1.54, 1.807) is 24.2 Å². The van der Waals surface area contributed by atoms with Gasteiger partial charge in [0.15, 0.2) is 10.8 Å². The Morgan fingerprint density at radius 3 is 2.57 bits per heavy atom. The second-order valence-corrected chi connectivity index (χ2v) is 5.67. The van der Waals surface area contributed by atoms with Crippen molar-refractivity contribution in [1.82, 2.24) is 19.9 Å². The molecule has 0 saturated carbocycles. The fraction of sp³-hybridized carbons (Fsp3) is 0.200. The third-order valence-electron chi connectivity index (χ3n) is 2.96. The maximum Gasteiger partial charge on any atom is 0.189 e. The van der Waals surface area contributed by atoms with Crippen molar-refractivity contribution in [1.29, 1.82) is 0 Å². The molecule has 3 aromatic rings. The Labute approximate surface area is 127 Å². The first kappa shape index (κ1) is 13.8. The summed E-state index contributed by atoms with van der Waals surface area (Å²) in [6.07, 6.45) is 4.96. The minimum Gasteiger partial charge on any atom is -0.381 e. The summed E-state index contributed by atoms with van der Waals surface area (Å²) >= 11 is 1.61. The molecule has 2 aromatic heterocycles. The van der Waals surface area contributed by atoms with Gasteiger partial charge in [-0.25, -0.2) is 19.9 Å². The van der Waals surface area contributed by atoms with Crippen LogP contribution in [0.4, 0.5) is 5.69 Å². The van der Waals surface area contributed by atoms with Crippen LogP contribution in [0, 0.1) is 0 Å². The number of hydrogen-bond acceptors (Lipinski definition) is 6. The molecular formula is C15H15N5S. The Kier molecular flexibility index (Phi) is 4.25. The van der Waals surface area contributed by atoms with E-state index in [0.717, 1.165) is 22.8 Å². The molecule has 0 saturated heterocycles. The smallest absolute Gasteiger partial charge is 0.189 e. The SMILES string of the molecule is CCSc1ncc2cncnc2n1.c1cc2ccc1CN2. The number of fused-ring (bicyclic) bond motifs is 4. The van der Waals surface area contributed by atoms with E-state index in [0.29, 0.717) is 5.65 Å². The highest BCUT2D eigenvalue weighted by Gasteiger charge is 2.00. The monoisotopic (exact) mass is 297 g/mol. The molecule has 0 fully saturated rings. The summed E-state index contributed by atoms with van der Waals surface area (Å²) < 4.78 is 0. The van der Waals surface area contributed by atoms with Gasteiger partial charge in [0.05, 0.1) is 5.39 Å². The summed E-state index contributed by atoms with van der Waals surface area (Å²) in [5.74, 6) is 0.969. The summed E-state index contributed by atoms with van der Waals surface area (Å²) in [5, 5.41) is 4.87. The highest BCUT2D eigenvalue weighted by atomic mass is 32.2. The normalized spacial score (nSPS) is 11.7. The standard InChI is InChI=1S/C8H8N4S.C7H7N/c1-2-13-8-10-4-6-3-9-5-11-7(6)12-8;1-3-7-4-2-6(1)5-8-7/h3-5H,2H2,1H3;1-4,8H,5H2. The van der Waals surface area contributed by atoms with Crippen LogP contribution in [0.25, 0.3) is 11.0 Å². The van der Waals surface area contributed by atoms with Gasteiger partial charge in [0, 0.05) is 24.6 Å². The van der Waals surface area contributed by atoms with Crippen molar-refractivity contribution in [2.24, 2.45) is 0 Å². The lowest BCUT2D eigenvalue weighted by molar-refractivity contribution is 0.981. The molecule has 2 bridgehead atoms. The van der Waals surface area contributed by atoms with Crippen molar-refractivity contribution < 1.29 is 0 Å². The molecule has 0 unspecified atom stereocenters. The Bertz CT molecular complexity index is 706. The first-order valence-electron chi connectivity index (χ1n) is 6.73. The minimum absolute atomic E-state index is 0.709. The van der Waals surface area contributed by atoms with E-state index in [2.05, 4.69) is 56.4 Å². The summed E-state index contributed by atoms with van der Waals surface area (Å²) in [6.45, 7) is 3.08. The molecule has 2 aliphatic heterocycles. The Hall–Kier alpha value is -2.21. The van der Waals surface area contributed by atoms with Gasteiger partial charge in [0.1, 0.15) is 6.33 Å². The quantitative estimate of drug-likeness (QED) is 0.579. The second kappa shape index (κ2) is 6.49. The van der Waals surface area contributed by atoms with Crippen molar-refractivity contribution in [3.63, 3.8) is 0 Å². The fourth-order valence-corrected chi connectivity index (χ4v) is 2.44. The van der Waals surface area contributed by atoms with Gasteiger partial charge in [-0.1, -0.05) is 30.8 Å². The zero-order valence-electron chi connectivity index (χ0n) is 11.7. The van der Waals surface area contributed by atoms with E-state index in [1.807, 2.05) is 0 Å². The maximum atomic E-state index is 4.27. The second-order valence-electron chi connectivity index (χ2n) is 4.44. The third kappa shape index (κ3) is 3.46. The summed E-state index contributed by atoms with van der Waals surface area (Å²) in [5.41, 5.74) is 3.32. The molecule has 0 aliphatic carbocycles. The van der Waals surface area contributed by atoms with Crippen molar-refractivity contribution in [3.8, 4) is 0 Å². The summed E-state index contributed by atoms with van der Waals surface area (Å²) in [4.78, 5) is 16.4. The van der Waals surface area contributed by atoms with E-state index < -0.39 is 0 Å².